The Morgan fingerprint density at radius 2 is 2.26 bits per heavy atom. The molecule has 1 aromatic rings. The van der Waals surface area contributed by atoms with Crippen molar-refractivity contribution in [3.8, 4) is 0 Å². The highest BCUT2D eigenvalue weighted by Gasteiger charge is 2.29. The normalized spacial score (nSPS) is 19.2. The summed E-state index contributed by atoms with van der Waals surface area (Å²) in [7, 11) is 0. The third-order valence-electron chi connectivity index (χ3n) is 3.44. The van der Waals surface area contributed by atoms with Crippen molar-refractivity contribution in [1.82, 2.24) is 19.8 Å². The van der Waals surface area contributed by atoms with Crippen LogP contribution in [0.15, 0.2) is 18.7 Å². The van der Waals surface area contributed by atoms with Gasteiger partial charge >= 0.3 is 0 Å². The third kappa shape index (κ3) is 3.56. The lowest BCUT2D eigenvalue weighted by molar-refractivity contribution is -0.140. The van der Waals surface area contributed by atoms with Crippen molar-refractivity contribution >= 4 is 11.8 Å². The Kier molecular flexibility index (Phi) is 4.54. The molecule has 1 aliphatic rings. The summed E-state index contributed by atoms with van der Waals surface area (Å²) < 4.78 is 1.91. The van der Waals surface area contributed by atoms with Crippen LogP contribution in [-0.2, 0) is 16.1 Å². The van der Waals surface area contributed by atoms with E-state index in [4.69, 9.17) is 0 Å². The van der Waals surface area contributed by atoms with Crippen molar-refractivity contribution in [3.63, 3.8) is 0 Å². The Balaban J connectivity index is 1.82. The first-order valence-electron chi connectivity index (χ1n) is 6.69. The van der Waals surface area contributed by atoms with E-state index in [0.717, 1.165) is 19.3 Å². The summed E-state index contributed by atoms with van der Waals surface area (Å²) in [6.07, 6.45) is 8.03. The molecule has 0 spiro atoms. The second-order valence-electron chi connectivity index (χ2n) is 4.82. The molecule has 6 heteroatoms. The average molecular weight is 264 g/mol. The van der Waals surface area contributed by atoms with Gasteiger partial charge in [0.15, 0.2) is 0 Å². The summed E-state index contributed by atoms with van der Waals surface area (Å²) in [5, 5.41) is 2.89. The Hall–Kier alpha value is -1.85. The Morgan fingerprint density at radius 3 is 2.95 bits per heavy atom. The molecule has 1 fully saturated rings. The standard InChI is InChI=1S/C13H20N4O2/c1-11(18)17-7-3-2-4-12(17)13(19)15-6-9-16-8-5-14-10-16/h5,8,10,12H,2-4,6-7,9H2,1H3,(H,15,19)/t12-/m0/s1. The molecule has 1 saturated heterocycles. The first-order valence-corrected chi connectivity index (χ1v) is 6.69. The highest BCUT2D eigenvalue weighted by molar-refractivity contribution is 5.87. The van der Waals surface area contributed by atoms with Gasteiger partial charge in [0.25, 0.3) is 0 Å². The van der Waals surface area contributed by atoms with Gasteiger partial charge in [0.2, 0.25) is 11.8 Å². The summed E-state index contributed by atoms with van der Waals surface area (Å²) in [6, 6.07) is -0.297. The minimum Gasteiger partial charge on any atom is -0.353 e. The van der Waals surface area contributed by atoms with Gasteiger partial charge in [-0.2, -0.15) is 0 Å². The van der Waals surface area contributed by atoms with E-state index in [2.05, 4.69) is 10.3 Å². The minimum absolute atomic E-state index is 0.0190. The number of nitrogens with one attached hydrogen (secondary N) is 1. The Morgan fingerprint density at radius 1 is 1.42 bits per heavy atom. The number of aromatic nitrogens is 2. The molecule has 0 saturated carbocycles. The minimum atomic E-state index is -0.297. The molecule has 1 aliphatic heterocycles. The second-order valence-corrected chi connectivity index (χ2v) is 4.82. The van der Waals surface area contributed by atoms with Gasteiger partial charge < -0.3 is 14.8 Å². The van der Waals surface area contributed by atoms with Crippen LogP contribution in [0.5, 0.6) is 0 Å². The maximum Gasteiger partial charge on any atom is 0.242 e. The molecule has 19 heavy (non-hydrogen) atoms. The van der Waals surface area contributed by atoms with Crippen molar-refractivity contribution in [1.29, 1.82) is 0 Å². The van der Waals surface area contributed by atoms with Crippen LogP contribution in [0.4, 0.5) is 0 Å². The predicted octanol–water partition coefficient (Wildman–Crippen LogP) is 0.400. The van der Waals surface area contributed by atoms with Crippen molar-refractivity contribution in [2.45, 2.75) is 38.8 Å². The predicted molar refractivity (Wildman–Crippen MR) is 70.3 cm³/mol. The fourth-order valence-corrected chi connectivity index (χ4v) is 2.43. The SMILES string of the molecule is CC(=O)N1CCCC[C@H]1C(=O)NCCn1ccnc1. The number of carbonyl (C=O) groups excluding carboxylic acids is 2. The van der Waals surface area contributed by atoms with Gasteiger partial charge in [0.1, 0.15) is 6.04 Å². The maximum atomic E-state index is 12.1. The number of rotatable bonds is 4. The van der Waals surface area contributed by atoms with Gasteiger partial charge in [-0.05, 0) is 19.3 Å². The number of piperidine rings is 1. The summed E-state index contributed by atoms with van der Waals surface area (Å²) >= 11 is 0. The van der Waals surface area contributed by atoms with E-state index in [9.17, 15) is 9.59 Å². The molecular weight excluding hydrogens is 244 g/mol. The van der Waals surface area contributed by atoms with Crippen LogP contribution in [0.2, 0.25) is 0 Å². The molecule has 1 N–H and O–H groups in total. The molecule has 2 rings (SSSR count). The van der Waals surface area contributed by atoms with Gasteiger partial charge in [0, 0.05) is 39.0 Å². The molecule has 0 radical (unpaired) electrons. The van der Waals surface area contributed by atoms with E-state index in [0.29, 0.717) is 19.6 Å². The number of hydrogen-bond acceptors (Lipinski definition) is 3. The zero-order valence-corrected chi connectivity index (χ0v) is 11.2. The molecule has 104 valence electrons. The molecule has 2 amide bonds. The van der Waals surface area contributed by atoms with E-state index >= 15 is 0 Å². The number of likely N-dealkylation sites (tertiary alicyclic amines) is 1. The van der Waals surface area contributed by atoms with E-state index < -0.39 is 0 Å². The highest BCUT2D eigenvalue weighted by atomic mass is 16.2. The van der Waals surface area contributed by atoms with Crippen LogP contribution in [0.1, 0.15) is 26.2 Å². The largest absolute Gasteiger partial charge is 0.353 e. The lowest BCUT2D eigenvalue weighted by Crippen LogP contribution is -2.51. The quantitative estimate of drug-likeness (QED) is 0.856. The number of carbonyl (C=O) groups is 2. The third-order valence-corrected chi connectivity index (χ3v) is 3.44. The molecule has 0 unspecified atom stereocenters. The van der Waals surface area contributed by atoms with Crippen LogP contribution >= 0.6 is 0 Å². The number of amides is 2. The van der Waals surface area contributed by atoms with Crippen LogP contribution in [-0.4, -0.2) is 45.4 Å². The van der Waals surface area contributed by atoms with Crippen molar-refractivity contribution in [2.24, 2.45) is 0 Å². The number of nitrogens with zero attached hydrogens (tertiary/aromatic N) is 3. The van der Waals surface area contributed by atoms with Crippen LogP contribution in [0.25, 0.3) is 0 Å². The van der Waals surface area contributed by atoms with Gasteiger partial charge in [-0.1, -0.05) is 0 Å². The smallest absolute Gasteiger partial charge is 0.242 e. The summed E-state index contributed by atoms with van der Waals surface area (Å²) in [4.78, 5) is 29.2. The highest BCUT2D eigenvalue weighted by Crippen LogP contribution is 2.17. The molecule has 1 aromatic heterocycles. The molecule has 1 atom stereocenters. The Bertz CT molecular complexity index is 430. The molecular formula is C13H20N4O2. The summed E-state index contributed by atoms with van der Waals surface area (Å²) in [5.74, 6) is -0.0653. The van der Waals surface area contributed by atoms with E-state index in [1.165, 1.54) is 6.92 Å². The van der Waals surface area contributed by atoms with Gasteiger partial charge in [-0.3, -0.25) is 9.59 Å². The van der Waals surface area contributed by atoms with Gasteiger partial charge in [0.05, 0.1) is 6.33 Å². The van der Waals surface area contributed by atoms with E-state index in [1.807, 2.05) is 10.8 Å². The molecule has 0 bridgehead atoms. The second kappa shape index (κ2) is 6.36. The zero-order valence-electron chi connectivity index (χ0n) is 11.2. The van der Waals surface area contributed by atoms with Crippen LogP contribution in [0, 0.1) is 0 Å². The van der Waals surface area contributed by atoms with E-state index in [-0.39, 0.29) is 17.9 Å². The summed E-state index contributed by atoms with van der Waals surface area (Å²) in [6.45, 7) is 3.46. The lowest BCUT2D eigenvalue weighted by Gasteiger charge is -2.33. The molecule has 6 nitrogen and oxygen atoms in total. The fourth-order valence-electron chi connectivity index (χ4n) is 2.43. The van der Waals surface area contributed by atoms with Gasteiger partial charge in [-0.15, -0.1) is 0 Å². The van der Waals surface area contributed by atoms with Crippen molar-refractivity contribution in [2.75, 3.05) is 13.1 Å². The van der Waals surface area contributed by atoms with Crippen molar-refractivity contribution < 1.29 is 9.59 Å². The first-order chi connectivity index (χ1) is 9.18. The van der Waals surface area contributed by atoms with Crippen LogP contribution < -0.4 is 5.32 Å². The number of imidazole rings is 1. The van der Waals surface area contributed by atoms with Gasteiger partial charge in [-0.25, -0.2) is 4.98 Å². The lowest BCUT2D eigenvalue weighted by atomic mass is 10.0. The fraction of sp³-hybridized carbons (Fsp3) is 0.615. The summed E-state index contributed by atoms with van der Waals surface area (Å²) in [5.41, 5.74) is 0. The molecule has 0 aromatic carbocycles. The van der Waals surface area contributed by atoms with E-state index in [1.54, 1.807) is 17.4 Å². The molecule has 2 heterocycles. The number of hydrogen-bond donors (Lipinski definition) is 1. The Labute approximate surface area is 112 Å². The topological polar surface area (TPSA) is 67.2 Å². The maximum absolute atomic E-state index is 12.1. The zero-order chi connectivity index (χ0) is 13.7. The van der Waals surface area contributed by atoms with Crippen LogP contribution in [0.3, 0.4) is 0 Å². The monoisotopic (exact) mass is 264 g/mol. The first kappa shape index (κ1) is 13.6. The average Bonchev–Trinajstić information content (AvgIpc) is 2.91. The van der Waals surface area contributed by atoms with Crippen molar-refractivity contribution in [3.05, 3.63) is 18.7 Å². The molecule has 0 aliphatic carbocycles.